The maximum Gasteiger partial charge on any atom is 0.176 e. The van der Waals surface area contributed by atoms with Crippen LogP contribution in [0.15, 0.2) is 54.6 Å². The van der Waals surface area contributed by atoms with Gasteiger partial charge in [0.05, 0.1) is 4.83 Å². The number of hydrogen-bond donors (Lipinski definition) is 0. The standard InChI is InChI=1S/C16H15BrO2/c1-12(17)16(18)14-8-5-9-15(10-14)19-11-13-6-3-2-4-7-13/h2-10,12H,11H2,1H3/t12-/m0/s1. The number of ether oxygens (including phenoxy) is 1. The van der Waals surface area contributed by atoms with Gasteiger partial charge in [-0.05, 0) is 24.6 Å². The molecule has 0 unspecified atom stereocenters. The highest BCUT2D eigenvalue weighted by Gasteiger charge is 2.12. The van der Waals surface area contributed by atoms with E-state index in [9.17, 15) is 4.79 Å². The van der Waals surface area contributed by atoms with E-state index in [0.717, 1.165) is 5.56 Å². The van der Waals surface area contributed by atoms with Crippen LogP contribution in [-0.2, 0) is 6.61 Å². The van der Waals surface area contributed by atoms with Gasteiger partial charge in [0.1, 0.15) is 12.4 Å². The van der Waals surface area contributed by atoms with Crippen LogP contribution in [0.2, 0.25) is 0 Å². The van der Waals surface area contributed by atoms with Crippen molar-refractivity contribution in [1.82, 2.24) is 0 Å². The third-order valence-electron chi connectivity index (χ3n) is 2.73. The molecule has 2 aromatic rings. The first-order chi connectivity index (χ1) is 9.16. The third kappa shape index (κ3) is 3.93. The van der Waals surface area contributed by atoms with Gasteiger partial charge in [0, 0.05) is 5.56 Å². The molecule has 0 radical (unpaired) electrons. The largest absolute Gasteiger partial charge is 0.489 e. The molecule has 98 valence electrons. The number of Topliss-reactive ketones (excluding diaryl/α,β-unsaturated/α-hetero) is 1. The van der Waals surface area contributed by atoms with Crippen molar-refractivity contribution in [2.45, 2.75) is 18.4 Å². The van der Waals surface area contributed by atoms with Crippen LogP contribution in [0.3, 0.4) is 0 Å². The first-order valence-electron chi connectivity index (χ1n) is 6.12. The van der Waals surface area contributed by atoms with E-state index in [1.165, 1.54) is 0 Å². The van der Waals surface area contributed by atoms with E-state index in [4.69, 9.17) is 4.74 Å². The number of benzene rings is 2. The molecule has 0 aliphatic heterocycles. The van der Waals surface area contributed by atoms with Gasteiger partial charge in [0.15, 0.2) is 5.78 Å². The maximum absolute atomic E-state index is 11.9. The van der Waals surface area contributed by atoms with E-state index in [1.807, 2.05) is 49.4 Å². The zero-order valence-corrected chi connectivity index (χ0v) is 12.3. The first-order valence-corrected chi connectivity index (χ1v) is 7.03. The molecule has 2 rings (SSSR count). The Kier molecular flexibility index (Phi) is 4.74. The Balaban J connectivity index is 2.05. The summed E-state index contributed by atoms with van der Waals surface area (Å²) in [5.74, 6) is 0.771. The van der Waals surface area contributed by atoms with Crippen molar-refractivity contribution in [3.8, 4) is 5.75 Å². The summed E-state index contributed by atoms with van der Waals surface area (Å²) in [5.41, 5.74) is 1.77. The molecule has 0 aliphatic rings. The fraction of sp³-hybridized carbons (Fsp3) is 0.188. The molecule has 0 aromatic heterocycles. The summed E-state index contributed by atoms with van der Waals surface area (Å²) in [5, 5.41) is 0. The predicted octanol–water partition coefficient (Wildman–Crippen LogP) is 4.23. The van der Waals surface area contributed by atoms with Crippen molar-refractivity contribution in [3.63, 3.8) is 0 Å². The normalized spacial score (nSPS) is 11.9. The monoisotopic (exact) mass is 318 g/mol. The number of ketones is 1. The summed E-state index contributed by atoms with van der Waals surface area (Å²) < 4.78 is 5.70. The van der Waals surface area contributed by atoms with Crippen LogP contribution >= 0.6 is 15.9 Å². The molecule has 0 saturated carbocycles. The lowest BCUT2D eigenvalue weighted by Crippen LogP contribution is -2.09. The molecule has 0 spiro atoms. The Labute approximate surface area is 121 Å². The van der Waals surface area contributed by atoms with Gasteiger partial charge >= 0.3 is 0 Å². The molecule has 1 atom stereocenters. The minimum Gasteiger partial charge on any atom is -0.489 e. The number of carbonyl (C=O) groups excluding carboxylic acids is 1. The average molecular weight is 319 g/mol. The lowest BCUT2D eigenvalue weighted by atomic mass is 10.1. The van der Waals surface area contributed by atoms with Gasteiger partial charge in [-0.1, -0.05) is 58.4 Å². The van der Waals surface area contributed by atoms with Gasteiger partial charge in [0.2, 0.25) is 0 Å². The van der Waals surface area contributed by atoms with Crippen LogP contribution in [-0.4, -0.2) is 10.6 Å². The molecular weight excluding hydrogens is 304 g/mol. The van der Waals surface area contributed by atoms with E-state index in [-0.39, 0.29) is 10.6 Å². The fourth-order valence-corrected chi connectivity index (χ4v) is 1.97. The van der Waals surface area contributed by atoms with Crippen LogP contribution < -0.4 is 4.74 Å². The van der Waals surface area contributed by atoms with Crippen LogP contribution in [0.1, 0.15) is 22.8 Å². The van der Waals surface area contributed by atoms with Crippen molar-refractivity contribution in [3.05, 3.63) is 65.7 Å². The number of rotatable bonds is 5. The van der Waals surface area contributed by atoms with Crippen LogP contribution in [0, 0.1) is 0 Å². The average Bonchev–Trinajstić information content (AvgIpc) is 2.45. The third-order valence-corrected chi connectivity index (χ3v) is 3.14. The molecule has 0 amide bonds. The first kappa shape index (κ1) is 13.8. The summed E-state index contributed by atoms with van der Waals surface area (Å²) in [6.07, 6.45) is 0. The molecule has 0 aliphatic carbocycles. The van der Waals surface area contributed by atoms with Gasteiger partial charge in [-0.15, -0.1) is 0 Å². The Bertz CT molecular complexity index is 550. The SMILES string of the molecule is C[C@H](Br)C(=O)c1cccc(OCc2ccccc2)c1. The van der Waals surface area contributed by atoms with Gasteiger partial charge in [-0.25, -0.2) is 0 Å². The molecular formula is C16H15BrO2. The Hall–Kier alpha value is -1.61. The Morgan fingerprint density at radius 1 is 1.16 bits per heavy atom. The van der Waals surface area contributed by atoms with Gasteiger partial charge in [-0.2, -0.15) is 0 Å². The number of hydrogen-bond acceptors (Lipinski definition) is 2. The highest BCUT2D eigenvalue weighted by molar-refractivity contribution is 9.10. The predicted molar refractivity (Wildman–Crippen MR) is 79.9 cm³/mol. The molecule has 0 fully saturated rings. The van der Waals surface area contributed by atoms with Crippen LogP contribution in [0.4, 0.5) is 0 Å². The van der Waals surface area contributed by atoms with Gasteiger partial charge < -0.3 is 4.74 Å². The zero-order chi connectivity index (χ0) is 13.7. The number of halogens is 1. The van der Waals surface area contributed by atoms with Crippen molar-refractivity contribution in [2.75, 3.05) is 0 Å². The quantitative estimate of drug-likeness (QED) is 0.609. The Morgan fingerprint density at radius 3 is 2.58 bits per heavy atom. The van der Waals surface area contributed by atoms with Gasteiger partial charge in [0.25, 0.3) is 0 Å². The molecule has 0 heterocycles. The lowest BCUT2D eigenvalue weighted by Gasteiger charge is -2.08. The van der Waals surface area contributed by atoms with Crippen LogP contribution in [0.25, 0.3) is 0 Å². The van der Waals surface area contributed by atoms with Crippen LogP contribution in [0.5, 0.6) is 5.75 Å². The molecule has 2 nitrogen and oxygen atoms in total. The highest BCUT2D eigenvalue weighted by atomic mass is 79.9. The fourth-order valence-electron chi connectivity index (χ4n) is 1.71. The second-order valence-electron chi connectivity index (χ2n) is 4.28. The van der Waals surface area contributed by atoms with E-state index >= 15 is 0 Å². The lowest BCUT2D eigenvalue weighted by molar-refractivity contribution is 0.0995. The van der Waals surface area contributed by atoms with Crippen molar-refractivity contribution in [2.24, 2.45) is 0 Å². The van der Waals surface area contributed by atoms with Crippen molar-refractivity contribution >= 4 is 21.7 Å². The van der Waals surface area contributed by atoms with E-state index in [1.54, 1.807) is 12.1 Å². The number of carbonyl (C=O) groups is 1. The Morgan fingerprint density at radius 2 is 1.89 bits per heavy atom. The molecule has 0 bridgehead atoms. The summed E-state index contributed by atoms with van der Waals surface area (Å²) >= 11 is 3.29. The second kappa shape index (κ2) is 6.53. The summed E-state index contributed by atoms with van der Waals surface area (Å²) in [4.78, 5) is 11.7. The molecule has 3 heteroatoms. The molecule has 0 saturated heterocycles. The minimum absolute atomic E-state index is 0.0603. The second-order valence-corrected chi connectivity index (χ2v) is 5.66. The summed E-state index contributed by atoms with van der Waals surface area (Å²) in [6.45, 7) is 2.32. The van der Waals surface area contributed by atoms with E-state index in [0.29, 0.717) is 17.9 Å². The highest BCUT2D eigenvalue weighted by Crippen LogP contribution is 2.18. The molecule has 19 heavy (non-hydrogen) atoms. The van der Waals surface area contributed by atoms with E-state index < -0.39 is 0 Å². The molecule has 2 aromatic carbocycles. The summed E-state index contributed by atoms with van der Waals surface area (Å²) in [7, 11) is 0. The molecule has 0 N–H and O–H groups in total. The smallest absolute Gasteiger partial charge is 0.176 e. The minimum atomic E-state index is -0.183. The van der Waals surface area contributed by atoms with E-state index in [2.05, 4.69) is 15.9 Å². The summed E-state index contributed by atoms with van der Waals surface area (Å²) in [6, 6.07) is 17.2. The van der Waals surface area contributed by atoms with Gasteiger partial charge in [-0.3, -0.25) is 4.79 Å². The van der Waals surface area contributed by atoms with Crippen molar-refractivity contribution in [1.29, 1.82) is 0 Å². The maximum atomic E-state index is 11.9. The van der Waals surface area contributed by atoms with Crippen molar-refractivity contribution < 1.29 is 9.53 Å². The zero-order valence-electron chi connectivity index (χ0n) is 10.7. The number of alkyl halides is 1. The topological polar surface area (TPSA) is 26.3 Å².